The third kappa shape index (κ3) is 3.21. The average molecular weight is 259 g/mol. The molecule has 1 aromatic heterocycles. The first-order chi connectivity index (χ1) is 8.83. The molecule has 0 aliphatic heterocycles. The number of hydrogen-bond donors (Lipinski definition) is 1. The molecule has 0 aliphatic rings. The van der Waals surface area contributed by atoms with Crippen molar-refractivity contribution in [3.05, 3.63) is 47.9 Å². The summed E-state index contributed by atoms with van der Waals surface area (Å²) in [5.41, 5.74) is 7.63. The Morgan fingerprint density at radius 2 is 2.06 bits per heavy atom. The molecule has 0 spiro atoms. The fraction of sp³-hybridized carbons (Fsp3) is 0.375. The smallest absolute Gasteiger partial charge is 0.0346 e. The first-order valence-electron chi connectivity index (χ1n) is 6.65. The van der Waals surface area contributed by atoms with Gasteiger partial charge in [-0.2, -0.15) is 0 Å². The quantitative estimate of drug-likeness (QED) is 0.547. The minimum atomic E-state index is 0.185. The van der Waals surface area contributed by atoms with Gasteiger partial charge in [0.25, 0.3) is 0 Å². The van der Waals surface area contributed by atoms with Crippen LogP contribution in [0.2, 0.25) is 0 Å². The fourth-order valence-corrected chi connectivity index (χ4v) is 3.30. The highest BCUT2D eigenvalue weighted by Gasteiger charge is 2.10. The Labute approximate surface area is 113 Å². The number of nitrogens with two attached hydrogens (primary N) is 1. The normalized spacial score (nSPS) is 12.7. The highest BCUT2D eigenvalue weighted by Crippen LogP contribution is 2.31. The fourth-order valence-electron chi connectivity index (χ4n) is 2.27. The molecule has 0 amide bonds. The van der Waals surface area contributed by atoms with Crippen molar-refractivity contribution in [1.29, 1.82) is 0 Å². The minimum absolute atomic E-state index is 0.185. The summed E-state index contributed by atoms with van der Waals surface area (Å²) in [5.74, 6) is 0. The van der Waals surface area contributed by atoms with Crippen molar-refractivity contribution < 1.29 is 0 Å². The molecular formula is C16H21NS. The van der Waals surface area contributed by atoms with Crippen LogP contribution in [0.15, 0.2) is 42.3 Å². The van der Waals surface area contributed by atoms with Gasteiger partial charge in [-0.1, -0.05) is 37.1 Å². The molecule has 2 heteroatoms. The van der Waals surface area contributed by atoms with E-state index in [1.54, 1.807) is 11.3 Å². The SMILES string of the molecule is C=CCCCCCC(N)c1csc2ccccc12. The summed E-state index contributed by atoms with van der Waals surface area (Å²) >= 11 is 1.80. The van der Waals surface area contributed by atoms with Gasteiger partial charge in [0.2, 0.25) is 0 Å². The van der Waals surface area contributed by atoms with Crippen molar-refractivity contribution in [3.63, 3.8) is 0 Å². The maximum absolute atomic E-state index is 6.31. The standard InChI is InChI=1S/C16H21NS/c1-2-3-4-5-6-10-15(17)14-12-18-16-11-8-7-9-13(14)16/h2,7-9,11-12,15H,1,3-6,10,17H2. The zero-order valence-corrected chi connectivity index (χ0v) is 11.6. The number of allylic oxidation sites excluding steroid dienone is 1. The van der Waals surface area contributed by atoms with E-state index in [2.05, 4.69) is 36.2 Å². The van der Waals surface area contributed by atoms with Crippen LogP contribution < -0.4 is 5.73 Å². The second kappa shape index (κ2) is 6.72. The topological polar surface area (TPSA) is 26.0 Å². The average Bonchev–Trinajstić information content (AvgIpc) is 2.82. The van der Waals surface area contributed by atoms with Crippen LogP contribution in [-0.4, -0.2) is 0 Å². The van der Waals surface area contributed by atoms with Crippen molar-refractivity contribution in [2.24, 2.45) is 5.73 Å². The van der Waals surface area contributed by atoms with Crippen molar-refractivity contribution >= 4 is 21.4 Å². The van der Waals surface area contributed by atoms with Gasteiger partial charge in [0.15, 0.2) is 0 Å². The van der Waals surface area contributed by atoms with Gasteiger partial charge in [0.05, 0.1) is 0 Å². The Morgan fingerprint density at radius 3 is 2.89 bits per heavy atom. The zero-order chi connectivity index (χ0) is 12.8. The molecule has 18 heavy (non-hydrogen) atoms. The lowest BCUT2D eigenvalue weighted by Gasteiger charge is -2.10. The second-order valence-electron chi connectivity index (χ2n) is 4.72. The molecule has 0 saturated carbocycles. The maximum atomic E-state index is 6.31. The van der Waals surface area contributed by atoms with Crippen LogP contribution in [0.1, 0.15) is 43.7 Å². The molecule has 0 fully saturated rings. The van der Waals surface area contributed by atoms with E-state index in [1.165, 1.54) is 34.9 Å². The van der Waals surface area contributed by atoms with Crippen molar-refractivity contribution in [1.82, 2.24) is 0 Å². The summed E-state index contributed by atoms with van der Waals surface area (Å²) in [7, 11) is 0. The van der Waals surface area contributed by atoms with E-state index in [1.807, 2.05) is 6.08 Å². The minimum Gasteiger partial charge on any atom is -0.324 e. The van der Waals surface area contributed by atoms with Crippen LogP contribution in [0.25, 0.3) is 10.1 Å². The molecule has 1 atom stereocenters. The van der Waals surface area contributed by atoms with Gasteiger partial charge in [-0.05, 0) is 41.7 Å². The van der Waals surface area contributed by atoms with E-state index < -0.39 is 0 Å². The zero-order valence-electron chi connectivity index (χ0n) is 10.8. The van der Waals surface area contributed by atoms with Gasteiger partial charge < -0.3 is 5.73 Å². The van der Waals surface area contributed by atoms with Crippen LogP contribution in [0.4, 0.5) is 0 Å². The highest BCUT2D eigenvalue weighted by molar-refractivity contribution is 7.17. The molecule has 0 aliphatic carbocycles. The Bertz CT molecular complexity index is 501. The van der Waals surface area contributed by atoms with Crippen LogP contribution in [0.3, 0.4) is 0 Å². The van der Waals surface area contributed by atoms with Crippen molar-refractivity contribution in [2.75, 3.05) is 0 Å². The van der Waals surface area contributed by atoms with E-state index >= 15 is 0 Å². The number of rotatable bonds is 7. The van der Waals surface area contributed by atoms with Gasteiger partial charge in [-0.3, -0.25) is 0 Å². The predicted octanol–water partition coefficient (Wildman–Crippen LogP) is 5.04. The first kappa shape index (κ1) is 13.3. The van der Waals surface area contributed by atoms with E-state index in [-0.39, 0.29) is 6.04 Å². The van der Waals surface area contributed by atoms with E-state index in [0.29, 0.717) is 0 Å². The summed E-state index contributed by atoms with van der Waals surface area (Å²) in [6.45, 7) is 3.74. The maximum Gasteiger partial charge on any atom is 0.0346 e. The molecule has 2 rings (SSSR count). The largest absolute Gasteiger partial charge is 0.324 e. The Balaban J connectivity index is 1.92. The first-order valence-corrected chi connectivity index (χ1v) is 7.53. The molecule has 2 aromatic rings. The molecule has 0 radical (unpaired) electrons. The summed E-state index contributed by atoms with van der Waals surface area (Å²) < 4.78 is 1.34. The van der Waals surface area contributed by atoms with E-state index in [9.17, 15) is 0 Å². The van der Waals surface area contributed by atoms with Crippen molar-refractivity contribution in [2.45, 2.75) is 38.1 Å². The Hall–Kier alpha value is -1.12. The van der Waals surface area contributed by atoms with Crippen LogP contribution in [0.5, 0.6) is 0 Å². The summed E-state index contributed by atoms with van der Waals surface area (Å²) in [6, 6.07) is 8.71. The van der Waals surface area contributed by atoms with Crippen LogP contribution in [-0.2, 0) is 0 Å². The molecule has 2 N–H and O–H groups in total. The Kier molecular flexibility index (Phi) is 4.97. The number of benzene rings is 1. The van der Waals surface area contributed by atoms with Crippen molar-refractivity contribution in [3.8, 4) is 0 Å². The van der Waals surface area contributed by atoms with E-state index in [4.69, 9.17) is 5.73 Å². The van der Waals surface area contributed by atoms with Gasteiger partial charge in [-0.25, -0.2) is 0 Å². The van der Waals surface area contributed by atoms with Gasteiger partial charge in [-0.15, -0.1) is 17.9 Å². The summed E-state index contributed by atoms with van der Waals surface area (Å²) in [6.07, 6.45) is 7.89. The molecule has 1 aromatic carbocycles. The number of unbranched alkanes of at least 4 members (excludes halogenated alkanes) is 3. The molecule has 1 unspecified atom stereocenters. The third-order valence-corrected chi connectivity index (χ3v) is 4.32. The van der Waals surface area contributed by atoms with Gasteiger partial charge in [0.1, 0.15) is 0 Å². The molecule has 96 valence electrons. The van der Waals surface area contributed by atoms with E-state index in [0.717, 1.165) is 12.8 Å². The number of thiophene rings is 1. The molecule has 1 heterocycles. The molecule has 0 saturated heterocycles. The number of fused-ring (bicyclic) bond motifs is 1. The Morgan fingerprint density at radius 1 is 1.22 bits per heavy atom. The van der Waals surface area contributed by atoms with Gasteiger partial charge in [0, 0.05) is 10.7 Å². The number of hydrogen-bond acceptors (Lipinski definition) is 2. The summed E-state index contributed by atoms with van der Waals surface area (Å²) in [5, 5.41) is 3.56. The monoisotopic (exact) mass is 259 g/mol. The predicted molar refractivity (Wildman–Crippen MR) is 82.0 cm³/mol. The third-order valence-electron chi connectivity index (χ3n) is 3.33. The van der Waals surface area contributed by atoms with Crippen LogP contribution >= 0.6 is 11.3 Å². The molecule has 0 bridgehead atoms. The van der Waals surface area contributed by atoms with Crippen LogP contribution in [0, 0.1) is 0 Å². The second-order valence-corrected chi connectivity index (χ2v) is 5.63. The molecular weight excluding hydrogens is 238 g/mol. The summed E-state index contributed by atoms with van der Waals surface area (Å²) in [4.78, 5) is 0. The lowest BCUT2D eigenvalue weighted by molar-refractivity contribution is 0.575. The molecule has 1 nitrogen and oxygen atoms in total. The lowest BCUT2D eigenvalue weighted by atomic mass is 10.0. The van der Waals surface area contributed by atoms with Gasteiger partial charge >= 0.3 is 0 Å². The lowest BCUT2D eigenvalue weighted by Crippen LogP contribution is -2.09. The highest BCUT2D eigenvalue weighted by atomic mass is 32.1.